The Hall–Kier alpha value is -2.60. The van der Waals surface area contributed by atoms with E-state index >= 15 is 0 Å². The number of aryl methyl sites for hydroxylation is 2. The molecule has 0 saturated heterocycles. The highest BCUT2D eigenvalue weighted by molar-refractivity contribution is 7.98. The van der Waals surface area contributed by atoms with Gasteiger partial charge in [-0.25, -0.2) is 0 Å². The monoisotopic (exact) mass is 367 g/mol. The number of thioether (sulfide) groups is 1. The fraction of sp³-hybridized carbons (Fsp3) is 0.250. The second kappa shape index (κ2) is 8.19. The van der Waals surface area contributed by atoms with Crippen LogP contribution in [0.15, 0.2) is 51.8 Å². The van der Waals surface area contributed by atoms with E-state index in [4.69, 9.17) is 4.42 Å². The van der Waals surface area contributed by atoms with E-state index in [0.29, 0.717) is 12.3 Å². The van der Waals surface area contributed by atoms with Crippen molar-refractivity contribution >= 4 is 23.7 Å². The average Bonchev–Trinajstić information content (AvgIpc) is 3.05. The van der Waals surface area contributed by atoms with Crippen LogP contribution in [0, 0.1) is 13.8 Å². The lowest BCUT2D eigenvalue weighted by Crippen LogP contribution is -2.14. The summed E-state index contributed by atoms with van der Waals surface area (Å²) in [5.74, 6) is 0.302. The first-order chi connectivity index (χ1) is 12.5. The van der Waals surface area contributed by atoms with Crippen LogP contribution in [0.25, 0.3) is 0 Å². The molecule has 0 atom stereocenters. The first-order valence-electron chi connectivity index (χ1n) is 8.35. The molecule has 0 spiro atoms. The Balaban J connectivity index is 1.58. The van der Waals surface area contributed by atoms with Crippen LogP contribution < -0.4 is 5.32 Å². The van der Waals surface area contributed by atoms with Gasteiger partial charge in [0.15, 0.2) is 0 Å². The predicted octanol–water partition coefficient (Wildman–Crippen LogP) is 4.18. The van der Waals surface area contributed by atoms with Crippen molar-refractivity contribution in [2.45, 2.75) is 31.6 Å². The summed E-state index contributed by atoms with van der Waals surface area (Å²) < 4.78 is 5.55. The van der Waals surface area contributed by atoms with Gasteiger partial charge in [-0.3, -0.25) is 10.1 Å². The van der Waals surface area contributed by atoms with Crippen molar-refractivity contribution in [2.75, 3.05) is 11.6 Å². The molecule has 0 bridgehead atoms. The van der Waals surface area contributed by atoms with Crippen molar-refractivity contribution in [3.05, 3.63) is 70.6 Å². The van der Waals surface area contributed by atoms with Crippen molar-refractivity contribution in [2.24, 2.45) is 0 Å². The van der Waals surface area contributed by atoms with Crippen molar-refractivity contribution in [1.82, 2.24) is 10.2 Å². The number of benzene rings is 2. The lowest BCUT2D eigenvalue weighted by Gasteiger charge is -2.03. The van der Waals surface area contributed by atoms with Gasteiger partial charge in [0.25, 0.3) is 0 Å². The molecule has 26 heavy (non-hydrogen) atoms. The fourth-order valence-corrected chi connectivity index (χ4v) is 2.96. The number of hydrogen-bond donors (Lipinski definition) is 1. The molecule has 0 aliphatic rings. The third-order valence-electron chi connectivity index (χ3n) is 4.16. The molecule has 5 nitrogen and oxygen atoms in total. The van der Waals surface area contributed by atoms with Gasteiger partial charge in [-0.05, 0) is 54.5 Å². The number of amides is 1. The molecule has 134 valence electrons. The summed E-state index contributed by atoms with van der Waals surface area (Å²) >= 11 is 1.67. The molecule has 1 N–H and O–H groups in total. The highest BCUT2D eigenvalue weighted by atomic mass is 32.2. The normalized spacial score (nSPS) is 10.7. The van der Waals surface area contributed by atoms with Crippen LogP contribution >= 0.6 is 11.8 Å². The average molecular weight is 367 g/mol. The summed E-state index contributed by atoms with van der Waals surface area (Å²) in [4.78, 5) is 13.3. The van der Waals surface area contributed by atoms with Gasteiger partial charge >= 0.3 is 6.01 Å². The van der Waals surface area contributed by atoms with Gasteiger partial charge in [0, 0.05) is 4.90 Å². The minimum Gasteiger partial charge on any atom is -0.407 e. The molecule has 0 aliphatic heterocycles. The number of nitrogens with one attached hydrogen (secondary N) is 1. The maximum atomic E-state index is 12.1. The van der Waals surface area contributed by atoms with Crippen molar-refractivity contribution in [3.8, 4) is 0 Å². The summed E-state index contributed by atoms with van der Waals surface area (Å²) in [5, 5.41) is 10.6. The van der Waals surface area contributed by atoms with Gasteiger partial charge in [-0.15, -0.1) is 16.9 Å². The van der Waals surface area contributed by atoms with Crippen LogP contribution in [0.1, 0.15) is 28.1 Å². The molecular weight excluding hydrogens is 346 g/mol. The minimum absolute atomic E-state index is 0.134. The van der Waals surface area contributed by atoms with Crippen molar-refractivity contribution in [1.29, 1.82) is 0 Å². The fourth-order valence-electron chi connectivity index (χ4n) is 2.56. The maximum absolute atomic E-state index is 12.1. The number of nitrogens with zero attached hydrogens (tertiary/aromatic N) is 2. The Morgan fingerprint density at radius 1 is 1.04 bits per heavy atom. The largest absolute Gasteiger partial charge is 0.407 e. The molecule has 2 aromatic carbocycles. The van der Waals surface area contributed by atoms with E-state index < -0.39 is 0 Å². The second-order valence-electron chi connectivity index (χ2n) is 6.17. The van der Waals surface area contributed by atoms with Crippen LogP contribution in [0.3, 0.4) is 0 Å². The van der Waals surface area contributed by atoms with Gasteiger partial charge in [-0.1, -0.05) is 35.4 Å². The van der Waals surface area contributed by atoms with Crippen LogP contribution in [0.4, 0.5) is 6.01 Å². The molecule has 3 rings (SSSR count). The molecule has 0 saturated carbocycles. The molecule has 1 heterocycles. The Labute approximate surface area is 157 Å². The SMILES string of the molecule is CSc1ccc(CC(=O)Nc2nnc(Cc3ccc(C)c(C)c3)o2)cc1. The number of hydrogen-bond acceptors (Lipinski definition) is 5. The van der Waals surface area contributed by atoms with Gasteiger partial charge < -0.3 is 4.42 Å². The van der Waals surface area contributed by atoms with Gasteiger partial charge in [0.1, 0.15) is 0 Å². The van der Waals surface area contributed by atoms with E-state index in [0.717, 1.165) is 11.1 Å². The van der Waals surface area contributed by atoms with Gasteiger partial charge in [0.2, 0.25) is 11.8 Å². The zero-order chi connectivity index (χ0) is 18.5. The molecule has 1 aromatic heterocycles. The van der Waals surface area contributed by atoms with Crippen LogP contribution in [-0.2, 0) is 17.6 Å². The Morgan fingerprint density at radius 2 is 1.77 bits per heavy atom. The molecule has 0 fully saturated rings. The summed E-state index contributed by atoms with van der Waals surface area (Å²) in [5.41, 5.74) is 4.51. The molecule has 0 unspecified atom stereocenters. The van der Waals surface area contributed by atoms with Crippen molar-refractivity contribution in [3.63, 3.8) is 0 Å². The third-order valence-corrected chi connectivity index (χ3v) is 4.91. The zero-order valence-electron chi connectivity index (χ0n) is 15.1. The van der Waals surface area contributed by atoms with E-state index in [1.165, 1.54) is 16.0 Å². The number of carbonyl (C=O) groups excluding carboxylic acids is 1. The van der Waals surface area contributed by atoms with Crippen LogP contribution in [0.5, 0.6) is 0 Å². The van der Waals surface area contributed by atoms with Crippen molar-refractivity contribution < 1.29 is 9.21 Å². The highest BCUT2D eigenvalue weighted by Gasteiger charge is 2.11. The summed E-state index contributed by atoms with van der Waals surface area (Å²) in [7, 11) is 0. The maximum Gasteiger partial charge on any atom is 0.322 e. The van der Waals surface area contributed by atoms with Gasteiger partial charge in [-0.2, -0.15) is 0 Å². The third kappa shape index (κ3) is 4.73. The van der Waals surface area contributed by atoms with E-state index in [1.807, 2.05) is 36.6 Å². The van der Waals surface area contributed by atoms with Crippen LogP contribution in [0.2, 0.25) is 0 Å². The zero-order valence-corrected chi connectivity index (χ0v) is 15.9. The van der Waals surface area contributed by atoms with E-state index in [1.54, 1.807) is 11.8 Å². The van der Waals surface area contributed by atoms with E-state index in [9.17, 15) is 4.79 Å². The first kappa shape index (κ1) is 18.2. The quantitative estimate of drug-likeness (QED) is 0.662. The summed E-state index contributed by atoms with van der Waals surface area (Å²) in [6.07, 6.45) is 2.83. The summed E-state index contributed by atoms with van der Waals surface area (Å²) in [6, 6.07) is 14.3. The smallest absolute Gasteiger partial charge is 0.322 e. The minimum atomic E-state index is -0.178. The summed E-state index contributed by atoms with van der Waals surface area (Å²) in [6.45, 7) is 4.15. The van der Waals surface area contributed by atoms with E-state index in [-0.39, 0.29) is 18.3 Å². The Bertz CT molecular complexity index is 904. The predicted molar refractivity (Wildman–Crippen MR) is 104 cm³/mol. The second-order valence-corrected chi connectivity index (χ2v) is 7.05. The Kier molecular flexibility index (Phi) is 5.73. The topological polar surface area (TPSA) is 68.0 Å². The molecule has 0 radical (unpaired) electrons. The molecule has 3 aromatic rings. The number of carbonyl (C=O) groups is 1. The molecule has 1 amide bonds. The number of aromatic nitrogens is 2. The molecule has 6 heteroatoms. The number of rotatable bonds is 6. The van der Waals surface area contributed by atoms with Gasteiger partial charge in [0.05, 0.1) is 12.8 Å². The highest BCUT2D eigenvalue weighted by Crippen LogP contribution is 2.17. The lowest BCUT2D eigenvalue weighted by atomic mass is 10.0. The number of anilines is 1. The Morgan fingerprint density at radius 3 is 2.46 bits per heavy atom. The van der Waals surface area contributed by atoms with Crippen LogP contribution in [-0.4, -0.2) is 22.4 Å². The molecular formula is C20H21N3O2S. The standard InChI is InChI=1S/C20H21N3O2S/c1-13-4-5-16(10-14(13)2)12-19-22-23-20(25-19)21-18(24)11-15-6-8-17(26-3)9-7-15/h4-10H,11-12H2,1-3H3,(H,21,23,24). The lowest BCUT2D eigenvalue weighted by molar-refractivity contribution is -0.115. The molecule has 0 aliphatic carbocycles. The first-order valence-corrected chi connectivity index (χ1v) is 9.57. The van der Waals surface area contributed by atoms with E-state index in [2.05, 4.69) is 41.5 Å².